The molecule has 0 saturated carbocycles. The van der Waals surface area contributed by atoms with E-state index in [0.29, 0.717) is 0 Å². The average molecular weight is 1260 g/mol. The molecule has 94 heavy (non-hydrogen) atoms. The fraction of sp³-hybridized carbons (Fsp3) is 0.533. The predicted octanol–water partition coefficient (Wildman–Crippen LogP) is 29.3. The van der Waals surface area contributed by atoms with Crippen molar-refractivity contribution >= 4 is 108 Å². The van der Waals surface area contributed by atoms with Gasteiger partial charge in [-0.2, -0.15) is 0 Å². The zero-order valence-corrected chi connectivity index (χ0v) is 59.1. The molecule has 0 saturated heterocycles. The van der Waals surface area contributed by atoms with Crippen molar-refractivity contribution in [2.45, 2.75) is 285 Å². The van der Waals surface area contributed by atoms with Crippen molar-refractivity contribution < 1.29 is 18.9 Å². The van der Waals surface area contributed by atoms with Gasteiger partial charge in [0, 0.05) is 0 Å². The summed E-state index contributed by atoms with van der Waals surface area (Å²) in [5, 5.41) is 26.0. The van der Waals surface area contributed by atoms with Crippen LogP contribution in [0.25, 0.3) is 108 Å². The van der Waals surface area contributed by atoms with Crippen molar-refractivity contribution in [1.82, 2.24) is 0 Å². The van der Waals surface area contributed by atoms with E-state index in [9.17, 15) is 0 Å². The smallest absolute Gasteiger partial charge is 0.119 e. The maximum Gasteiger partial charge on any atom is 0.119 e. The Morgan fingerprint density at radius 1 is 0.170 bits per heavy atom. The standard InChI is InChI=1S/C90H118O4/c1-5-9-13-17-21-25-29-33-37-41-59-91-67-51-55-71-73-57-53-69(93-61-43-39-35-31-27-23-19-15-11-7-3)65-81(73)89-85(79(71)63-67)75-47-45-49-77-83(75)87(89)78-50-46-48-76-84(78)88(77)90-82-66-70(94-62-44-40-36-32-28-24-20-16-12-8-4)54-58-74(82)72-56-52-68(64-80(72)86(76)90)92-60-42-38-34-30-26-22-18-14-10-6-2/h45-58,63-66H,5-44,59-62H2,1-4H3. The highest BCUT2D eigenvalue weighted by molar-refractivity contribution is 6.54. The molecule has 502 valence electrons. The van der Waals surface area contributed by atoms with E-state index in [1.54, 1.807) is 0 Å². The Labute approximate surface area is 566 Å². The van der Waals surface area contributed by atoms with Crippen molar-refractivity contribution in [2.24, 2.45) is 0 Å². The third-order valence-electron chi connectivity index (χ3n) is 21.4. The van der Waals surface area contributed by atoms with Gasteiger partial charge in [0.05, 0.1) is 26.4 Å². The van der Waals surface area contributed by atoms with Crippen LogP contribution in [0.15, 0.2) is 109 Å². The maximum atomic E-state index is 6.80. The summed E-state index contributed by atoms with van der Waals surface area (Å²) in [6.07, 6.45) is 52.5. The number of ether oxygens (including phenoxy) is 4. The number of hydrogen-bond acceptors (Lipinski definition) is 4. The Bertz CT molecular complexity index is 3810. The molecule has 0 bridgehead atoms. The minimum atomic E-state index is 0.737. The summed E-state index contributed by atoms with van der Waals surface area (Å²) in [5.74, 6) is 3.84. The molecule has 0 N–H and O–H groups in total. The van der Waals surface area contributed by atoms with Gasteiger partial charge in [-0.1, -0.05) is 320 Å². The van der Waals surface area contributed by atoms with E-state index in [2.05, 4.69) is 137 Å². The van der Waals surface area contributed by atoms with Gasteiger partial charge in [0.1, 0.15) is 23.0 Å². The molecular weight excluding hydrogens is 1140 g/mol. The quantitative estimate of drug-likeness (QED) is 0.0216. The predicted molar refractivity (Wildman–Crippen MR) is 413 cm³/mol. The van der Waals surface area contributed by atoms with E-state index < -0.39 is 0 Å². The summed E-state index contributed by atoms with van der Waals surface area (Å²) in [4.78, 5) is 0. The first kappa shape index (κ1) is 69.1. The average Bonchev–Trinajstić information content (AvgIpc) is 1.49. The second-order valence-corrected chi connectivity index (χ2v) is 28.7. The van der Waals surface area contributed by atoms with Gasteiger partial charge in [-0.3, -0.25) is 0 Å². The van der Waals surface area contributed by atoms with Crippen LogP contribution >= 0.6 is 0 Å². The third kappa shape index (κ3) is 17.1. The molecule has 11 aromatic rings. The summed E-state index contributed by atoms with van der Waals surface area (Å²) in [5.41, 5.74) is 0. The summed E-state index contributed by atoms with van der Waals surface area (Å²) in [7, 11) is 0. The minimum Gasteiger partial charge on any atom is -0.494 e. The highest BCUT2D eigenvalue weighted by Gasteiger charge is 2.27. The van der Waals surface area contributed by atoms with Crippen LogP contribution in [0.5, 0.6) is 23.0 Å². The number of fused-ring (bicyclic) bond motifs is 18. The van der Waals surface area contributed by atoms with Gasteiger partial charge >= 0.3 is 0 Å². The largest absolute Gasteiger partial charge is 0.494 e. The normalized spacial score (nSPS) is 12.2. The van der Waals surface area contributed by atoms with Crippen LogP contribution in [0.3, 0.4) is 0 Å². The van der Waals surface area contributed by atoms with Crippen LogP contribution in [-0.2, 0) is 0 Å². The molecule has 0 aliphatic heterocycles. The topological polar surface area (TPSA) is 36.9 Å². The van der Waals surface area contributed by atoms with Crippen molar-refractivity contribution in [3.05, 3.63) is 109 Å². The van der Waals surface area contributed by atoms with E-state index >= 15 is 0 Å². The summed E-state index contributed by atoms with van der Waals surface area (Å²) in [6.45, 7) is 12.2. The van der Waals surface area contributed by atoms with E-state index in [1.807, 2.05) is 0 Å². The second-order valence-electron chi connectivity index (χ2n) is 28.7. The number of benzene rings is 9. The van der Waals surface area contributed by atoms with E-state index in [0.717, 1.165) is 75.1 Å². The van der Waals surface area contributed by atoms with Gasteiger partial charge in [0.15, 0.2) is 0 Å². The first-order chi connectivity index (χ1) is 46.6. The van der Waals surface area contributed by atoms with Gasteiger partial charge < -0.3 is 18.9 Å². The lowest BCUT2D eigenvalue weighted by molar-refractivity contribution is 0.304. The fourth-order valence-electron chi connectivity index (χ4n) is 16.2. The van der Waals surface area contributed by atoms with Crippen molar-refractivity contribution in [3.8, 4) is 23.0 Å². The van der Waals surface area contributed by atoms with Crippen LogP contribution in [0, 0.1) is 0 Å². The molecule has 0 amide bonds. The molecule has 11 aromatic carbocycles. The van der Waals surface area contributed by atoms with E-state index in [4.69, 9.17) is 18.9 Å². The van der Waals surface area contributed by atoms with E-state index in [1.165, 1.54) is 339 Å². The van der Waals surface area contributed by atoms with Crippen LogP contribution in [0.4, 0.5) is 0 Å². The van der Waals surface area contributed by atoms with Gasteiger partial charge in [0.25, 0.3) is 0 Å². The van der Waals surface area contributed by atoms with Crippen molar-refractivity contribution in [2.75, 3.05) is 26.4 Å². The molecule has 0 unspecified atom stereocenters. The Morgan fingerprint density at radius 3 is 0.585 bits per heavy atom. The monoisotopic (exact) mass is 1260 g/mol. The Kier molecular flexibility index (Phi) is 27.0. The van der Waals surface area contributed by atoms with Crippen molar-refractivity contribution in [1.29, 1.82) is 0 Å². The first-order valence-electron chi connectivity index (χ1n) is 39.2. The SMILES string of the molecule is CCCCCCCCCCCCOc1ccc2c3ccc(OCCCCCCCCCCCC)cc3c3c(c2c1)c1cccc2c1c3c1cccc3c4c5cc(OCCCCCCCCCCCC)ccc5c5ccc(OCCCCCCCCCCCC)cc5c4c2c31. The van der Waals surface area contributed by atoms with Gasteiger partial charge in [-0.05, 0) is 182 Å². The van der Waals surface area contributed by atoms with Crippen LogP contribution in [-0.4, -0.2) is 26.4 Å². The van der Waals surface area contributed by atoms with Gasteiger partial charge in [-0.15, -0.1) is 0 Å². The number of rotatable bonds is 48. The molecule has 0 aliphatic rings. The van der Waals surface area contributed by atoms with Gasteiger partial charge in [-0.25, -0.2) is 0 Å². The Hall–Kier alpha value is -6.26. The van der Waals surface area contributed by atoms with Gasteiger partial charge in [0.2, 0.25) is 0 Å². The summed E-state index contributed by atoms with van der Waals surface area (Å²) >= 11 is 0. The lowest BCUT2D eigenvalue weighted by Gasteiger charge is -2.14. The van der Waals surface area contributed by atoms with Crippen molar-refractivity contribution in [3.63, 3.8) is 0 Å². The number of unbranched alkanes of at least 4 members (excludes halogenated alkanes) is 36. The molecule has 11 rings (SSSR count). The molecule has 0 heterocycles. The van der Waals surface area contributed by atoms with E-state index in [-0.39, 0.29) is 0 Å². The minimum absolute atomic E-state index is 0.737. The van der Waals surface area contributed by atoms with Crippen LogP contribution in [0.2, 0.25) is 0 Å². The zero-order chi connectivity index (χ0) is 64.5. The zero-order valence-electron chi connectivity index (χ0n) is 59.1. The molecule has 0 aliphatic carbocycles. The second kappa shape index (κ2) is 36.7. The number of hydrogen-bond donors (Lipinski definition) is 0. The molecule has 4 nitrogen and oxygen atoms in total. The summed E-state index contributed by atoms with van der Waals surface area (Å²) in [6, 6.07) is 42.3. The molecule has 0 fully saturated rings. The Balaban J connectivity index is 0.977. The fourth-order valence-corrected chi connectivity index (χ4v) is 16.2. The maximum absolute atomic E-state index is 6.80. The molecule has 4 heteroatoms. The molecular formula is C90H118O4. The third-order valence-corrected chi connectivity index (χ3v) is 21.4. The van der Waals surface area contributed by atoms with Crippen LogP contribution < -0.4 is 18.9 Å². The summed E-state index contributed by atoms with van der Waals surface area (Å²) < 4.78 is 27.1. The molecule has 0 aromatic heterocycles. The molecule has 0 atom stereocenters. The lowest BCUT2D eigenvalue weighted by Crippen LogP contribution is -1.98. The highest BCUT2D eigenvalue weighted by Crippen LogP contribution is 2.56. The first-order valence-corrected chi connectivity index (χ1v) is 39.2. The van der Waals surface area contributed by atoms with Crippen LogP contribution in [0.1, 0.15) is 285 Å². The Morgan fingerprint density at radius 2 is 0.351 bits per heavy atom. The lowest BCUT2D eigenvalue weighted by atomic mass is 9.92. The molecule has 0 radical (unpaired) electrons. The highest BCUT2D eigenvalue weighted by atomic mass is 16.5. The molecule has 0 spiro atoms.